The van der Waals surface area contributed by atoms with E-state index in [0.717, 1.165) is 18.4 Å². The van der Waals surface area contributed by atoms with Gasteiger partial charge in [0.2, 0.25) is 5.60 Å². The molecule has 1 aromatic carbocycles. The van der Waals surface area contributed by atoms with Crippen molar-refractivity contribution >= 4 is 24.6 Å². The number of aryl methyl sites for hydroxylation is 1. The Balaban J connectivity index is 1.18. The molecule has 2 bridgehead atoms. The molecule has 10 nitrogen and oxygen atoms in total. The number of oxime groups is 1. The summed E-state index contributed by atoms with van der Waals surface area (Å²) >= 11 is 0. The SMILES string of the molecule is Cc1cc(C(=O)NCC2=NOC(Cc3ccccc3)(C(=O)N[C@@H](CC(C)C)B3O[C@@H]4C[C@@H]5C[C@@H](C5(C)C)[C@]4(C)O3)C2)no1. The minimum Gasteiger partial charge on any atom is -0.404 e. The minimum absolute atomic E-state index is 0.0221. The molecule has 1 unspecified atom stereocenters. The van der Waals surface area contributed by atoms with Gasteiger partial charge in [0.25, 0.3) is 11.8 Å². The topological polar surface area (TPSA) is 124 Å². The van der Waals surface area contributed by atoms with Gasteiger partial charge in [-0.15, -0.1) is 0 Å². The molecule has 43 heavy (non-hydrogen) atoms. The Kier molecular flexibility index (Phi) is 7.69. The first kappa shape index (κ1) is 29.9. The summed E-state index contributed by atoms with van der Waals surface area (Å²) in [7, 11) is -0.544. The molecule has 0 spiro atoms. The zero-order chi connectivity index (χ0) is 30.6. The van der Waals surface area contributed by atoms with Crippen LogP contribution in [0.1, 0.15) is 82.1 Å². The highest BCUT2D eigenvalue weighted by Gasteiger charge is 2.68. The molecule has 6 atom stereocenters. The first-order chi connectivity index (χ1) is 20.4. The van der Waals surface area contributed by atoms with Gasteiger partial charge in [-0.1, -0.05) is 68.3 Å². The van der Waals surface area contributed by atoms with E-state index < -0.39 is 12.7 Å². The highest BCUT2D eigenvalue weighted by atomic mass is 16.7. The lowest BCUT2D eigenvalue weighted by molar-refractivity contribution is -0.199. The van der Waals surface area contributed by atoms with Crippen molar-refractivity contribution in [1.82, 2.24) is 15.8 Å². The van der Waals surface area contributed by atoms with Crippen molar-refractivity contribution in [2.45, 2.75) is 96.9 Å². The number of aromatic nitrogens is 1. The molecule has 2 aromatic rings. The van der Waals surface area contributed by atoms with Crippen LogP contribution in [0.15, 0.2) is 46.1 Å². The molecular weight excluding hydrogens is 547 g/mol. The molecule has 230 valence electrons. The largest absolute Gasteiger partial charge is 0.481 e. The highest BCUT2D eigenvalue weighted by molar-refractivity contribution is 6.48. The van der Waals surface area contributed by atoms with Crippen LogP contribution in [0.5, 0.6) is 0 Å². The van der Waals surface area contributed by atoms with Crippen molar-refractivity contribution in [2.24, 2.45) is 28.3 Å². The van der Waals surface area contributed by atoms with Crippen LogP contribution in [0.4, 0.5) is 0 Å². The Morgan fingerprint density at radius 2 is 1.91 bits per heavy atom. The van der Waals surface area contributed by atoms with Gasteiger partial charge in [-0.2, -0.15) is 0 Å². The molecule has 0 radical (unpaired) electrons. The Hall–Kier alpha value is -3.18. The summed E-state index contributed by atoms with van der Waals surface area (Å²) in [6, 6.07) is 11.3. The lowest BCUT2D eigenvalue weighted by Crippen LogP contribution is -2.65. The zero-order valence-electron chi connectivity index (χ0n) is 26.0. The number of nitrogens with one attached hydrogen (secondary N) is 2. The summed E-state index contributed by atoms with van der Waals surface area (Å²) in [6.45, 7) is 13.0. The number of hydrogen-bond donors (Lipinski definition) is 2. The van der Waals surface area contributed by atoms with E-state index in [9.17, 15) is 9.59 Å². The second kappa shape index (κ2) is 11.1. The molecule has 3 aliphatic carbocycles. The predicted octanol–water partition coefficient (Wildman–Crippen LogP) is 4.27. The maximum atomic E-state index is 14.3. The van der Waals surface area contributed by atoms with Crippen LogP contribution in [0.3, 0.4) is 0 Å². The summed E-state index contributed by atoms with van der Waals surface area (Å²) in [5, 5.41) is 14.1. The van der Waals surface area contributed by atoms with Crippen LogP contribution in [0.2, 0.25) is 0 Å². The molecule has 4 fully saturated rings. The Morgan fingerprint density at radius 1 is 1.14 bits per heavy atom. The van der Waals surface area contributed by atoms with Crippen LogP contribution < -0.4 is 10.6 Å². The number of rotatable bonds is 10. The van der Waals surface area contributed by atoms with Crippen LogP contribution in [0, 0.1) is 30.1 Å². The van der Waals surface area contributed by atoms with Crippen LogP contribution in [-0.2, 0) is 25.4 Å². The molecule has 7 rings (SSSR count). The predicted molar refractivity (Wildman–Crippen MR) is 161 cm³/mol. The summed E-state index contributed by atoms with van der Waals surface area (Å²) in [5.41, 5.74) is 0.284. The van der Waals surface area contributed by atoms with Crippen LogP contribution in [-0.4, -0.2) is 59.6 Å². The fourth-order valence-corrected chi connectivity index (χ4v) is 7.73. The molecule has 1 saturated heterocycles. The molecule has 3 heterocycles. The van der Waals surface area contributed by atoms with Crippen molar-refractivity contribution in [3.63, 3.8) is 0 Å². The van der Waals surface area contributed by atoms with E-state index in [0.29, 0.717) is 42.1 Å². The van der Waals surface area contributed by atoms with E-state index in [-0.39, 0.29) is 53.5 Å². The number of hydrogen-bond acceptors (Lipinski definition) is 8. The van der Waals surface area contributed by atoms with Crippen molar-refractivity contribution in [1.29, 1.82) is 0 Å². The first-order valence-electron chi connectivity index (χ1n) is 15.5. The van der Waals surface area contributed by atoms with Crippen molar-refractivity contribution < 1.29 is 28.3 Å². The molecule has 2 N–H and O–H groups in total. The van der Waals surface area contributed by atoms with Crippen LogP contribution >= 0.6 is 0 Å². The summed E-state index contributed by atoms with van der Waals surface area (Å²) in [6.07, 6.45) is 3.41. The van der Waals surface area contributed by atoms with Gasteiger partial charge in [-0.05, 0) is 61.8 Å². The van der Waals surface area contributed by atoms with Gasteiger partial charge in [0.05, 0.1) is 29.9 Å². The number of nitrogens with zero attached hydrogens (tertiary/aromatic N) is 2. The van der Waals surface area contributed by atoms with Gasteiger partial charge in [0, 0.05) is 18.9 Å². The quantitative estimate of drug-likeness (QED) is 0.396. The Morgan fingerprint density at radius 3 is 2.58 bits per heavy atom. The first-order valence-corrected chi connectivity index (χ1v) is 15.5. The van der Waals surface area contributed by atoms with Gasteiger partial charge in [0.15, 0.2) is 5.69 Å². The van der Waals surface area contributed by atoms with E-state index in [1.165, 1.54) is 0 Å². The Bertz CT molecular complexity index is 1400. The van der Waals surface area contributed by atoms with E-state index in [1.807, 2.05) is 30.3 Å². The molecule has 2 amide bonds. The van der Waals surface area contributed by atoms with Gasteiger partial charge < -0.3 is 29.3 Å². The molecule has 5 aliphatic rings. The van der Waals surface area contributed by atoms with Crippen molar-refractivity contribution in [2.75, 3.05) is 6.54 Å². The second-order valence-electron chi connectivity index (χ2n) is 14.1. The summed E-state index contributed by atoms with van der Waals surface area (Å²) in [4.78, 5) is 32.8. The number of carbonyl (C=O) groups is 2. The summed E-state index contributed by atoms with van der Waals surface area (Å²) < 4.78 is 18.4. The zero-order valence-corrected chi connectivity index (χ0v) is 26.0. The van der Waals surface area contributed by atoms with Crippen molar-refractivity contribution in [3.05, 3.63) is 53.4 Å². The smallest absolute Gasteiger partial charge is 0.404 e. The fraction of sp³-hybridized carbons (Fsp3) is 0.625. The molecule has 2 aliphatic heterocycles. The van der Waals surface area contributed by atoms with E-state index in [4.69, 9.17) is 18.7 Å². The van der Waals surface area contributed by atoms with E-state index in [2.05, 4.69) is 55.6 Å². The number of amides is 2. The normalized spacial score (nSPS) is 31.1. The van der Waals surface area contributed by atoms with Gasteiger partial charge in [-0.3, -0.25) is 9.59 Å². The monoisotopic (exact) mass is 590 g/mol. The maximum Gasteiger partial charge on any atom is 0.481 e. The third-order valence-corrected chi connectivity index (χ3v) is 10.2. The molecule has 1 aromatic heterocycles. The standard InChI is InChI=1S/C32H43BN4O6/c1-19(2)12-27(33-40-26-15-22-14-25(30(22,4)5)31(26,6)42-33)35-29(39)32(16-21-10-8-7-9-11-21)17-23(36-43-32)18-34-28(38)24-13-20(3)41-37-24/h7-11,13,19,22,25-27H,12,14-18H2,1-6H3,(H,34,38)(H,35,39)/t22-,25-,26+,27-,31-,32?/m0/s1. The fourth-order valence-electron chi connectivity index (χ4n) is 7.73. The number of benzene rings is 1. The van der Waals surface area contributed by atoms with Crippen LogP contribution in [0.25, 0.3) is 0 Å². The lowest BCUT2D eigenvalue weighted by atomic mass is 9.43. The third kappa shape index (κ3) is 5.50. The molecular formula is C32H43BN4O6. The Labute approximate surface area is 253 Å². The number of carbonyl (C=O) groups excluding carboxylic acids is 2. The lowest BCUT2D eigenvalue weighted by Gasteiger charge is -2.64. The molecule has 3 saturated carbocycles. The van der Waals surface area contributed by atoms with Crippen molar-refractivity contribution in [3.8, 4) is 0 Å². The third-order valence-electron chi connectivity index (χ3n) is 10.2. The molecule has 11 heteroatoms. The second-order valence-corrected chi connectivity index (χ2v) is 14.1. The van der Waals surface area contributed by atoms with Gasteiger partial charge >= 0.3 is 7.12 Å². The highest BCUT2D eigenvalue weighted by Crippen LogP contribution is 2.65. The van der Waals surface area contributed by atoms with E-state index in [1.54, 1.807) is 13.0 Å². The van der Waals surface area contributed by atoms with E-state index >= 15 is 0 Å². The van der Waals surface area contributed by atoms with Gasteiger partial charge in [0.1, 0.15) is 5.76 Å². The maximum absolute atomic E-state index is 14.3. The summed E-state index contributed by atoms with van der Waals surface area (Å²) in [5.74, 6) is 0.913. The average Bonchev–Trinajstić information content (AvgIpc) is 3.68. The average molecular weight is 591 g/mol. The van der Waals surface area contributed by atoms with Gasteiger partial charge in [-0.25, -0.2) is 0 Å². The minimum atomic E-state index is -1.28.